The lowest BCUT2D eigenvalue weighted by molar-refractivity contribution is 0.476. The number of hydrogen-bond donors (Lipinski definition) is 1. The SMILES string of the molecule is Cn1c(-c2ccccc2O)nc2c(-c3cc(-c4cc([Si](C)(C)C)ccn4)cc(C(C)(C)C)c3)cccc21. The van der Waals surface area contributed by atoms with Crippen LogP contribution in [0.2, 0.25) is 19.6 Å². The fraction of sp³-hybridized carbons (Fsp3) is 0.250. The van der Waals surface area contributed by atoms with E-state index in [1.165, 1.54) is 10.8 Å². The van der Waals surface area contributed by atoms with Gasteiger partial charge < -0.3 is 9.67 Å². The van der Waals surface area contributed by atoms with Crippen molar-refractivity contribution in [3.63, 3.8) is 0 Å². The van der Waals surface area contributed by atoms with Crippen molar-refractivity contribution in [1.29, 1.82) is 0 Å². The Morgan fingerprint density at radius 2 is 1.51 bits per heavy atom. The second-order valence-electron chi connectivity index (χ2n) is 11.9. The summed E-state index contributed by atoms with van der Waals surface area (Å²) in [5.74, 6) is 0.977. The van der Waals surface area contributed by atoms with Crippen LogP contribution in [0.5, 0.6) is 5.75 Å². The summed E-state index contributed by atoms with van der Waals surface area (Å²) in [5, 5.41) is 11.9. The molecular formula is C32H35N3OSi. The van der Waals surface area contributed by atoms with E-state index in [0.29, 0.717) is 0 Å². The highest BCUT2D eigenvalue weighted by molar-refractivity contribution is 6.88. The molecule has 5 aromatic rings. The van der Waals surface area contributed by atoms with Gasteiger partial charge in [-0.25, -0.2) is 4.98 Å². The van der Waals surface area contributed by atoms with E-state index in [0.717, 1.165) is 44.8 Å². The first-order chi connectivity index (χ1) is 17.4. The van der Waals surface area contributed by atoms with Gasteiger partial charge in [0.05, 0.1) is 30.4 Å². The van der Waals surface area contributed by atoms with Gasteiger partial charge in [-0.05, 0) is 59.0 Å². The lowest BCUT2D eigenvalue weighted by Crippen LogP contribution is -2.37. The van der Waals surface area contributed by atoms with Crippen molar-refractivity contribution in [1.82, 2.24) is 14.5 Å². The van der Waals surface area contributed by atoms with Crippen molar-refractivity contribution < 1.29 is 5.11 Å². The van der Waals surface area contributed by atoms with E-state index in [1.54, 1.807) is 6.07 Å². The molecule has 0 fully saturated rings. The van der Waals surface area contributed by atoms with Crippen LogP contribution in [0.1, 0.15) is 26.3 Å². The zero-order chi connectivity index (χ0) is 26.5. The van der Waals surface area contributed by atoms with Crippen molar-refractivity contribution in [2.45, 2.75) is 45.8 Å². The number of hydrogen-bond acceptors (Lipinski definition) is 3. The highest BCUT2D eigenvalue weighted by Gasteiger charge is 2.21. The molecule has 2 heterocycles. The van der Waals surface area contributed by atoms with E-state index in [2.05, 4.69) is 93.5 Å². The Labute approximate surface area is 220 Å². The van der Waals surface area contributed by atoms with Gasteiger partial charge in [-0.15, -0.1) is 0 Å². The van der Waals surface area contributed by atoms with Crippen LogP contribution in [0.4, 0.5) is 0 Å². The Kier molecular flexibility index (Phi) is 6.07. The Bertz CT molecular complexity index is 1620. The number of aromatic hydroxyl groups is 1. The predicted molar refractivity (Wildman–Crippen MR) is 158 cm³/mol. The topological polar surface area (TPSA) is 50.9 Å². The lowest BCUT2D eigenvalue weighted by Gasteiger charge is -2.22. The van der Waals surface area contributed by atoms with Crippen molar-refractivity contribution in [3.8, 4) is 39.5 Å². The molecule has 5 heteroatoms. The number of benzene rings is 3. The molecule has 0 unspecified atom stereocenters. The highest BCUT2D eigenvalue weighted by atomic mass is 28.3. The monoisotopic (exact) mass is 505 g/mol. The molecule has 0 bridgehead atoms. The van der Waals surface area contributed by atoms with Crippen LogP contribution >= 0.6 is 0 Å². The Balaban J connectivity index is 1.74. The van der Waals surface area contributed by atoms with Gasteiger partial charge in [-0.2, -0.15) is 0 Å². The molecule has 3 aromatic carbocycles. The van der Waals surface area contributed by atoms with Gasteiger partial charge in [0.25, 0.3) is 0 Å². The van der Waals surface area contributed by atoms with Gasteiger partial charge >= 0.3 is 0 Å². The summed E-state index contributed by atoms with van der Waals surface area (Å²) in [6, 6.07) is 24.9. The molecule has 0 saturated carbocycles. The van der Waals surface area contributed by atoms with E-state index in [-0.39, 0.29) is 11.2 Å². The number of fused-ring (bicyclic) bond motifs is 1. The van der Waals surface area contributed by atoms with Crippen LogP contribution in [-0.2, 0) is 12.5 Å². The van der Waals surface area contributed by atoms with Crippen LogP contribution in [0.3, 0.4) is 0 Å². The molecule has 5 rings (SSSR count). The highest BCUT2D eigenvalue weighted by Crippen LogP contribution is 2.37. The summed E-state index contributed by atoms with van der Waals surface area (Å²) in [6.07, 6.45) is 1.95. The molecule has 0 atom stereocenters. The van der Waals surface area contributed by atoms with E-state index in [4.69, 9.17) is 9.97 Å². The van der Waals surface area contributed by atoms with Gasteiger partial charge in [0.2, 0.25) is 0 Å². The first kappa shape index (κ1) is 25.0. The molecular weight excluding hydrogens is 470 g/mol. The molecule has 0 saturated heterocycles. The summed E-state index contributed by atoms with van der Waals surface area (Å²) in [5.41, 5.74) is 8.23. The second kappa shape index (κ2) is 9.00. The standard InChI is InChI=1S/C32H35N3OSi/c1-32(2,3)23-18-21(17-22(19-23)27-20-24(15-16-33-27)37(5,6)7)25-12-10-13-28-30(25)34-31(35(28)4)26-11-8-9-14-29(26)36/h8-20,36H,1-7H3. The number of aromatic nitrogens is 3. The second-order valence-corrected chi connectivity index (χ2v) is 17.0. The zero-order valence-electron chi connectivity index (χ0n) is 22.8. The maximum atomic E-state index is 10.5. The summed E-state index contributed by atoms with van der Waals surface area (Å²) in [7, 11) is 0.528. The van der Waals surface area contributed by atoms with Crippen molar-refractivity contribution >= 4 is 24.3 Å². The molecule has 0 spiro atoms. The van der Waals surface area contributed by atoms with Crippen LogP contribution in [0, 0.1) is 0 Å². The van der Waals surface area contributed by atoms with Crippen LogP contribution in [0.25, 0.3) is 44.8 Å². The molecule has 0 radical (unpaired) electrons. The molecule has 0 aliphatic carbocycles. The first-order valence-corrected chi connectivity index (χ1v) is 16.3. The fourth-order valence-corrected chi connectivity index (χ4v) is 5.91. The molecule has 0 aliphatic rings. The smallest absolute Gasteiger partial charge is 0.144 e. The third-order valence-corrected chi connectivity index (χ3v) is 9.13. The van der Waals surface area contributed by atoms with Crippen molar-refractivity contribution in [2.24, 2.45) is 7.05 Å². The molecule has 1 N–H and O–H groups in total. The number of aryl methyl sites for hydroxylation is 1. The van der Waals surface area contributed by atoms with Crippen LogP contribution in [-0.4, -0.2) is 27.7 Å². The number of para-hydroxylation sites is 2. The minimum Gasteiger partial charge on any atom is -0.507 e. The molecule has 37 heavy (non-hydrogen) atoms. The number of rotatable bonds is 4. The van der Waals surface area contributed by atoms with Crippen molar-refractivity contribution in [3.05, 3.63) is 84.6 Å². The van der Waals surface area contributed by atoms with Gasteiger partial charge in [0, 0.05) is 24.4 Å². The maximum Gasteiger partial charge on any atom is 0.144 e. The predicted octanol–water partition coefficient (Wildman–Crippen LogP) is 7.52. The van der Waals surface area contributed by atoms with Crippen LogP contribution in [0.15, 0.2) is 79.0 Å². The normalized spacial score (nSPS) is 12.3. The van der Waals surface area contributed by atoms with E-state index >= 15 is 0 Å². The first-order valence-electron chi connectivity index (χ1n) is 12.8. The van der Waals surface area contributed by atoms with Gasteiger partial charge in [-0.3, -0.25) is 4.98 Å². The number of nitrogens with zero attached hydrogens (tertiary/aromatic N) is 3. The summed E-state index contributed by atoms with van der Waals surface area (Å²) < 4.78 is 2.06. The molecule has 0 aliphatic heterocycles. The number of pyridine rings is 1. The Hall–Kier alpha value is -3.70. The summed E-state index contributed by atoms with van der Waals surface area (Å²) in [4.78, 5) is 9.84. The molecule has 188 valence electrons. The van der Waals surface area contributed by atoms with Crippen LogP contribution < -0.4 is 5.19 Å². The van der Waals surface area contributed by atoms with E-state index in [1.807, 2.05) is 31.4 Å². The quantitative estimate of drug-likeness (QED) is 0.257. The molecule has 2 aromatic heterocycles. The van der Waals surface area contributed by atoms with Crippen molar-refractivity contribution in [2.75, 3.05) is 0 Å². The molecule has 4 nitrogen and oxygen atoms in total. The number of phenols is 1. The Morgan fingerprint density at radius 1 is 0.811 bits per heavy atom. The average Bonchev–Trinajstić information content (AvgIpc) is 3.19. The number of imidazole rings is 1. The average molecular weight is 506 g/mol. The number of phenolic OH excluding ortho intramolecular Hbond substituents is 1. The maximum absolute atomic E-state index is 10.5. The lowest BCUT2D eigenvalue weighted by atomic mass is 9.83. The zero-order valence-corrected chi connectivity index (χ0v) is 23.8. The van der Waals surface area contributed by atoms with Gasteiger partial charge in [-0.1, -0.05) is 75.9 Å². The minimum absolute atomic E-state index is 0.0276. The van der Waals surface area contributed by atoms with E-state index < -0.39 is 8.07 Å². The summed E-state index contributed by atoms with van der Waals surface area (Å²) >= 11 is 0. The largest absolute Gasteiger partial charge is 0.507 e. The van der Waals surface area contributed by atoms with Gasteiger partial charge in [0.15, 0.2) is 0 Å². The Morgan fingerprint density at radius 3 is 2.22 bits per heavy atom. The van der Waals surface area contributed by atoms with E-state index in [9.17, 15) is 5.11 Å². The minimum atomic E-state index is -1.48. The fourth-order valence-electron chi connectivity index (χ4n) is 4.77. The molecule has 0 amide bonds. The third kappa shape index (κ3) is 4.71. The third-order valence-electron chi connectivity index (χ3n) is 7.09. The summed E-state index contributed by atoms with van der Waals surface area (Å²) in [6.45, 7) is 13.9. The van der Waals surface area contributed by atoms with Gasteiger partial charge in [0.1, 0.15) is 11.6 Å².